The number of aliphatic hydroxyl groups is 1. The summed E-state index contributed by atoms with van der Waals surface area (Å²) in [5, 5.41) is 16.5. The number of hydrogen-bond donors (Lipinski definition) is 2. The maximum atomic E-state index is 13.4. The fourth-order valence-corrected chi connectivity index (χ4v) is 5.60. The predicted octanol–water partition coefficient (Wildman–Crippen LogP) is 3.59. The molecule has 0 saturated carbocycles. The molecule has 0 bridgehead atoms. The van der Waals surface area contributed by atoms with Crippen molar-refractivity contribution in [3.05, 3.63) is 87.9 Å². The van der Waals surface area contributed by atoms with Gasteiger partial charge in [0.05, 0.1) is 30.4 Å². The van der Waals surface area contributed by atoms with Crippen molar-refractivity contribution >= 4 is 22.6 Å². The minimum absolute atomic E-state index is 0.159. The summed E-state index contributed by atoms with van der Waals surface area (Å²) < 4.78 is 8.51. The largest absolute Gasteiger partial charge is 0.444 e. The Kier molecular flexibility index (Phi) is 7.01. The van der Waals surface area contributed by atoms with Crippen LogP contribution >= 0.6 is 11.6 Å². The molecular formula is C29H30ClN7O3. The van der Waals surface area contributed by atoms with E-state index >= 15 is 0 Å². The SMILES string of the molecule is Cn1nc2c(=O)n(CC3(O)CCN(Cc4ccc(-c5cnco5)cc4Cl)CC3)cnc2c1-c1ccc(CN)cc1. The van der Waals surface area contributed by atoms with Crippen LogP contribution in [0.2, 0.25) is 5.02 Å². The van der Waals surface area contributed by atoms with E-state index in [9.17, 15) is 9.90 Å². The lowest BCUT2D eigenvalue weighted by atomic mass is 9.91. The minimum atomic E-state index is -1.02. The predicted molar refractivity (Wildman–Crippen MR) is 153 cm³/mol. The number of aryl methyl sites for hydroxylation is 1. The monoisotopic (exact) mass is 559 g/mol. The van der Waals surface area contributed by atoms with E-state index in [0.717, 1.165) is 27.9 Å². The van der Waals surface area contributed by atoms with Gasteiger partial charge in [-0.25, -0.2) is 9.97 Å². The molecular weight excluding hydrogens is 530 g/mol. The Morgan fingerprint density at radius 1 is 1.10 bits per heavy atom. The quantitative estimate of drug-likeness (QED) is 0.309. The molecule has 3 aromatic heterocycles. The van der Waals surface area contributed by atoms with E-state index in [1.54, 1.807) is 17.9 Å². The summed E-state index contributed by atoms with van der Waals surface area (Å²) in [6.45, 7) is 2.64. The Morgan fingerprint density at radius 2 is 1.85 bits per heavy atom. The molecule has 2 aromatic carbocycles. The van der Waals surface area contributed by atoms with Gasteiger partial charge in [-0.3, -0.25) is 18.9 Å². The lowest BCUT2D eigenvalue weighted by Crippen LogP contribution is -2.47. The zero-order chi connectivity index (χ0) is 27.9. The Labute approximate surface area is 235 Å². The van der Waals surface area contributed by atoms with Crippen LogP contribution in [0.1, 0.15) is 24.0 Å². The molecule has 0 radical (unpaired) electrons. The van der Waals surface area contributed by atoms with Gasteiger partial charge in [-0.2, -0.15) is 5.10 Å². The van der Waals surface area contributed by atoms with Crippen LogP contribution in [0.5, 0.6) is 0 Å². The van der Waals surface area contributed by atoms with Crippen molar-refractivity contribution < 1.29 is 9.52 Å². The summed E-state index contributed by atoms with van der Waals surface area (Å²) in [7, 11) is 1.80. The topological polar surface area (TPSA) is 128 Å². The van der Waals surface area contributed by atoms with Gasteiger partial charge in [-0.1, -0.05) is 48.0 Å². The van der Waals surface area contributed by atoms with Crippen molar-refractivity contribution in [2.24, 2.45) is 12.8 Å². The Balaban J connectivity index is 1.14. The normalized spacial score (nSPS) is 15.6. The second-order valence-electron chi connectivity index (χ2n) is 10.4. The van der Waals surface area contributed by atoms with Gasteiger partial charge in [0, 0.05) is 49.4 Å². The number of hydrogen-bond acceptors (Lipinski definition) is 8. The van der Waals surface area contributed by atoms with E-state index in [1.807, 2.05) is 42.5 Å². The molecule has 206 valence electrons. The summed E-state index contributed by atoms with van der Waals surface area (Å²) in [5.74, 6) is 0.669. The van der Waals surface area contributed by atoms with E-state index in [-0.39, 0.29) is 17.6 Å². The maximum Gasteiger partial charge on any atom is 0.281 e. The fraction of sp³-hybridized carbons (Fsp3) is 0.310. The second kappa shape index (κ2) is 10.6. The molecule has 1 aliphatic rings. The third kappa shape index (κ3) is 5.06. The van der Waals surface area contributed by atoms with Gasteiger partial charge in [-0.15, -0.1) is 0 Å². The van der Waals surface area contributed by atoms with Crippen LogP contribution in [-0.2, 0) is 26.7 Å². The molecule has 4 heterocycles. The highest BCUT2D eigenvalue weighted by atomic mass is 35.5. The summed E-state index contributed by atoms with van der Waals surface area (Å²) in [4.78, 5) is 24.2. The number of piperidine rings is 1. The van der Waals surface area contributed by atoms with Crippen LogP contribution in [0.15, 0.2) is 70.6 Å². The molecule has 40 heavy (non-hydrogen) atoms. The Hall–Kier alpha value is -3.83. The summed E-state index contributed by atoms with van der Waals surface area (Å²) >= 11 is 6.56. The highest BCUT2D eigenvalue weighted by molar-refractivity contribution is 6.31. The number of aromatic nitrogens is 5. The summed E-state index contributed by atoms with van der Waals surface area (Å²) in [6, 6.07) is 13.7. The number of nitrogens with two attached hydrogens (primary N) is 1. The molecule has 1 saturated heterocycles. The van der Waals surface area contributed by atoms with Crippen LogP contribution in [-0.4, -0.2) is 53.0 Å². The van der Waals surface area contributed by atoms with Gasteiger partial charge in [0.2, 0.25) is 0 Å². The standard InChI is InChI=1S/C29H30ClN7O3/c1-35-27(20-4-2-19(13-31)3-5-20)25-26(34-35)28(38)37(17-33-25)16-29(39)8-10-36(11-9-29)15-22-7-6-21(12-23(22)30)24-14-32-18-40-24/h2-7,12,14,17-18,39H,8-11,13,15-16,31H2,1H3. The third-order valence-corrected chi connectivity index (χ3v) is 8.04. The highest BCUT2D eigenvalue weighted by Gasteiger charge is 2.33. The average molecular weight is 560 g/mol. The van der Waals surface area contributed by atoms with E-state index in [1.165, 1.54) is 17.3 Å². The molecule has 0 amide bonds. The molecule has 0 atom stereocenters. The smallest absolute Gasteiger partial charge is 0.281 e. The Morgan fingerprint density at radius 3 is 2.52 bits per heavy atom. The van der Waals surface area contributed by atoms with E-state index in [0.29, 0.717) is 55.3 Å². The van der Waals surface area contributed by atoms with Crippen molar-refractivity contribution in [1.82, 2.24) is 29.2 Å². The second-order valence-corrected chi connectivity index (χ2v) is 10.8. The fourth-order valence-electron chi connectivity index (χ4n) is 5.36. The first kappa shape index (κ1) is 26.4. The van der Waals surface area contributed by atoms with Gasteiger partial charge >= 0.3 is 0 Å². The van der Waals surface area contributed by atoms with Gasteiger partial charge < -0.3 is 15.3 Å². The first-order valence-corrected chi connectivity index (χ1v) is 13.5. The van der Waals surface area contributed by atoms with Crippen LogP contribution in [0, 0.1) is 0 Å². The number of rotatable bonds is 7. The number of halogens is 1. The first-order valence-electron chi connectivity index (χ1n) is 13.2. The zero-order valence-electron chi connectivity index (χ0n) is 22.1. The third-order valence-electron chi connectivity index (χ3n) is 7.69. The van der Waals surface area contributed by atoms with Crippen molar-refractivity contribution in [3.63, 3.8) is 0 Å². The number of oxazole rings is 1. The number of nitrogens with zero attached hydrogens (tertiary/aromatic N) is 6. The van der Waals surface area contributed by atoms with Crippen LogP contribution in [0.4, 0.5) is 0 Å². The average Bonchev–Trinajstić information content (AvgIpc) is 3.61. The molecule has 11 heteroatoms. The summed E-state index contributed by atoms with van der Waals surface area (Å²) in [5.41, 5.74) is 9.84. The minimum Gasteiger partial charge on any atom is -0.444 e. The van der Waals surface area contributed by atoms with Gasteiger partial charge in [0.15, 0.2) is 17.7 Å². The number of likely N-dealkylation sites (tertiary alicyclic amines) is 1. The van der Waals surface area contributed by atoms with Crippen molar-refractivity contribution in [1.29, 1.82) is 0 Å². The first-order chi connectivity index (χ1) is 19.3. The molecule has 0 spiro atoms. The molecule has 1 aliphatic heterocycles. The van der Waals surface area contributed by atoms with E-state index in [4.69, 9.17) is 21.8 Å². The van der Waals surface area contributed by atoms with Crippen LogP contribution in [0.3, 0.4) is 0 Å². The molecule has 5 aromatic rings. The summed E-state index contributed by atoms with van der Waals surface area (Å²) in [6.07, 6.45) is 5.61. The molecule has 0 aliphatic carbocycles. The van der Waals surface area contributed by atoms with Gasteiger partial charge in [0.25, 0.3) is 5.56 Å². The number of benzene rings is 2. The molecule has 3 N–H and O–H groups in total. The van der Waals surface area contributed by atoms with E-state index < -0.39 is 5.60 Å². The van der Waals surface area contributed by atoms with Crippen LogP contribution in [0.25, 0.3) is 33.6 Å². The zero-order valence-corrected chi connectivity index (χ0v) is 22.9. The lowest BCUT2D eigenvalue weighted by Gasteiger charge is -2.38. The van der Waals surface area contributed by atoms with Crippen molar-refractivity contribution in [3.8, 4) is 22.6 Å². The van der Waals surface area contributed by atoms with Crippen molar-refractivity contribution in [2.75, 3.05) is 13.1 Å². The maximum absolute atomic E-state index is 13.4. The molecule has 10 nitrogen and oxygen atoms in total. The van der Waals surface area contributed by atoms with Crippen molar-refractivity contribution in [2.45, 2.75) is 38.1 Å². The number of fused-ring (bicyclic) bond motifs is 1. The van der Waals surface area contributed by atoms with Gasteiger partial charge in [0.1, 0.15) is 5.52 Å². The van der Waals surface area contributed by atoms with Crippen LogP contribution < -0.4 is 11.3 Å². The lowest BCUT2D eigenvalue weighted by molar-refractivity contribution is -0.0364. The molecule has 6 rings (SSSR count). The molecule has 1 fully saturated rings. The highest BCUT2D eigenvalue weighted by Crippen LogP contribution is 2.30. The van der Waals surface area contributed by atoms with E-state index in [2.05, 4.69) is 20.0 Å². The Bertz CT molecular complexity index is 1700. The van der Waals surface area contributed by atoms with Gasteiger partial charge in [-0.05, 0) is 30.0 Å². The molecule has 0 unspecified atom stereocenters.